The number of benzene rings is 6. The largest absolute Gasteiger partial charge is 0.481 e. The summed E-state index contributed by atoms with van der Waals surface area (Å²) >= 11 is 10.6. The number of rotatable bonds is 11. The van der Waals surface area contributed by atoms with Crippen LogP contribution in [0, 0.1) is 62.3 Å². The van der Waals surface area contributed by atoms with Crippen molar-refractivity contribution in [2.24, 2.45) is 0 Å². The predicted octanol–water partition coefficient (Wildman–Crippen LogP) is 18.7. The molecule has 0 spiro atoms. The van der Waals surface area contributed by atoms with Crippen molar-refractivity contribution in [2.75, 3.05) is 22.5 Å². The van der Waals surface area contributed by atoms with Crippen LogP contribution in [0.1, 0.15) is 89.9 Å². The Morgan fingerprint density at radius 2 is 0.849 bits per heavy atom. The molecule has 0 radical (unpaired) electrons. The number of anilines is 3. The van der Waals surface area contributed by atoms with Crippen LogP contribution in [0.4, 0.5) is 17.1 Å². The summed E-state index contributed by atoms with van der Waals surface area (Å²) in [6.45, 7) is 25.3. The molecule has 488 valence electrons. The van der Waals surface area contributed by atoms with Gasteiger partial charge in [-0.25, -0.2) is 0 Å². The van der Waals surface area contributed by atoms with E-state index < -0.39 is 11.9 Å². The van der Waals surface area contributed by atoms with Crippen LogP contribution in [-0.4, -0.2) is 78.3 Å². The molecule has 0 aliphatic heterocycles. The van der Waals surface area contributed by atoms with Gasteiger partial charge in [-0.1, -0.05) is 159 Å². The molecule has 0 fully saturated rings. The molecule has 6 aromatic carbocycles. The summed E-state index contributed by atoms with van der Waals surface area (Å²) in [7, 11) is 0. The maximum Gasteiger partial charge on any atom is 0.300 e. The van der Waals surface area contributed by atoms with Crippen LogP contribution in [0.3, 0.4) is 0 Å². The molecule has 6 aromatic heterocycles. The van der Waals surface area contributed by atoms with Crippen molar-refractivity contribution in [3.63, 3.8) is 0 Å². The maximum absolute atomic E-state index is 9.00. The minimum atomic E-state index is -0.833. The molecule has 18 nitrogen and oxygen atoms in total. The van der Waals surface area contributed by atoms with Gasteiger partial charge in [0.15, 0.2) is 0 Å². The second kappa shape index (κ2) is 37.5. The Morgan fingerprint density at radius 3 is 1.20 bits per heavy atom. The third-order valence-electron chi connectivity index (χ3n) is 13.7. The Bertz CT molecular complexity index is 4160. The van der Waals surface area contributed by atoms with Crippen LogP contribution in [0.2, 0.25) is 0 Å². The Labute approximate surface area is 585 Å². The topological polar surface area (TPSA) is 259 Å². The number of alkyl halides is 1. The molecule has 93 heavy (non-hydrogen) atoms. The summed E-state index contributed by atoms with van der Waals surface area (Å²) in [5.41, 5.74) is 30.6. The minimum Gasteiger partial charge on any atom is -0.481 e. The maximum atomic E-state index is 9.00. The van der Waals surface area contributed by atoms with Crippen molar-refractivity contribution in [3.8, 4) is 67.2 Å². The first kappa shape index (κ1) is 75.5. The van der Waals surface area contributed by atoms with Crippen LogP contribution in [0.15, 0.2) is 162 Å². The summed E-state index contributed by atoms with van der Waals surface area (Å²) in [5, 5.41) is 46.1. The number of aryl methyl sites for hydroxylation is 9. The molecular formula is C69H73Br2N11O7PdS3. The van der Waals surface area contributed by atoms with Crippen molar-refractivity contribution in [2.45, 2.75) is 96.4 Å². The van der Waals surface area contributed by atoms with Gasteiger partial charge in [0.05, 0.1) is 17.1 Å². The quantitative estimate of drug-likeness (QED) is 0.0617. The second-order valence-corrected chi connectivity index (χ2v) is 24.5. The van der Waals surface area contributed by atoms with Gasteiger partial charge in [-0.05, 0) is 191 Å². The molecule has 4 N–H and O–H groups in total. The first-order chi connectivity index (χ1) is 44.0. The fourth-order valence-electron chi connectivity index (χ4n) is 9.36. The number of nitrogens with two attached hydrogens (primary N) is 1. The number of aliphatic carboxylic acids is 2. The van der Waals surface area contributed by atoms with Crippen LogP contribution < -0.4 is 10.6 Å². The Balaban J connectivity index is 0.000000221. The monoisotopic (exact) mass is 1530 g/mol. The molecule has 0 aliphatic rings. The van der Waals surface area contributed by atoms with Crippen molar-refractivity contribution in [1.29, 1.82) is 0 Å². The van der Waals surface area contributed by atoms with Crippen molar-refractivity contribution in [1.82, 2.24) is 44.2 Å². The van der Waals surface area contributed by atoms with Crippen LogP contribution in [0.25, 0.3) is 67.2 Å². The van der Waals surface area contributed by atoms with E-state index in [2.05, 4.69) is 187 Å². The molecule has 24 heteroatoms. The van der Waals surface area contributed by atoms with E-state index in [0.29, 0.717) is 0 Å². The number of carboxylic acids is 2. The third-order valence-corrected chi connectivity index (χ3v) is 15.8. The van der Waals surface area contributed by atoms with E-state index in [9.17, 15) is 0 Å². The second-order valence-electron chi connectivity index (χ2n) is 20.7. The Morgan fingerprint density at radius 1 is 0.505 bits per heavy atom. The van der Waals surface area contributed by atoms with E-state index in [1.165, 1.54) is 62.5 Å². The normalized spacial score (nSPS) is 10.1. The van der Waals surface area contributed by atoms with E-state index in [-0.39, 0.29) is 20.4 Å². The predicted molar refractivity (Wildman–Crippen MR) is 378 cm³/mol. The smallest absolute Gasteiger partial charge is 0.300 e. The Kier molecular flexibility index (Phi) is 30.4. The van der Waals surface area contributed by atoms with Gasteiger partial charge in [-0.2, -0.15) is 0 Å². The number of aromatic nitrogens is 9. The van der Waals surface area contributed by atoms with Gasteiger partial charge in [0, 0.05) is 117 Å². The molecule has 0 bridgehead atoms. The van der Waals surface area contributed by atoms with Gasteiger partial charge in [-0.3, -0.25) is 9.59 Å². The fourth-order valence-corrected chi connectivity index (χ4v) is 11.0. The number of carbonyl (C=O) groups is 2. The Hall–Kier alpha value is -8.21. The first-order valence-electron chi connectivity index (χ1n) is 28.9. The molecule has 6 heterocycles. The molecule has 12 rings (SSSR count). The molecule has 0 unspecified atom stereocenters. The van der Waals surface area contributed by atoms with Crippen molar-refractivity contribution in [3.05, 3.63) is 210 Å². The zero-order chi connectivity index (χ0) is 67.0. The van der Waals surface area contributed by atoms with E-state index in [1.807, 2.05) is 114 Å². The summed E-state index contributed by atoms with van der Waals surface area (Å²) in [5.74, 6) is 0.867. The average Bonchev–Trinajstić information content (AvgIpc) is 1.82. The minimum absolute atomic E-state index is 0. The number of halogens is 2. The number of carboxylic acid groups (broad SMARTS) is 2. The van der Waals surface area contributed by atoms with Crippen molar-refractivity contribution < 1.29 is 53.8 Å². The summed E-state index contributed by atoms with van der Waals surface area (Å²) in [4.78, 5) is 20.3. The van der Waals surface area contributed by atoms with Crippen LogP contribution in [-0.2, 0) is 36.4 Å². The molecular weight excluding hydrogens is 1460 g/mol. The molecule has 0 amide bonds. The molecule has 0 atom stereocenters. The summed E-state index contributed by atoms with van der Waals surface area (Å²) < 4.78 is 28.6. The van der Waals surface area contributed by atoms with Gasteiger partial charge >= 0.3 is 0 Å². The van der Waals surface area contributed by atoms with Crippen LogP contribution in [0.5, 0.6) is 0 Å². The van der Waals surface area contributed by atoms with Crippen LogP contribution >= 0.6 is 66.5 Å². The number of nitrogens with zero attached hydrogens (tertiary/aromatic N) is 10. The van der Waals surface area contributed by atoms with Gasteiger partial charge in [0.25, 0.3) is 11.9 Å². The summed E-state index contributed by atoms with van der Waals surface area (Å²) in [6, 6.07) is 44.1. The first-order valence-corrected chi connectivity index (χ1v) is 33.3. The van der Waals surface area contributed by atoms with Gasteiger partial charge in [0.1, 0.15) is 34.4 Å². The van der Waals surface area contributed by atoms with E-state index in [1.54, 1.807) is 0 Å². The van der Waals surface area contributed by atoms with Crippen molar-refractivity contribution >= 4 is 95.5 Å². The number of hydrogen-bond acceptors (Lipinski definition) is 19. The molecule has 12 aromatic rings. The third kappa shape index (κ3) is 22.2. The van der Waals surface area contributed by atoms with Gasteiger partial charge < -0.3 is 34.4 Å². The van der Waals surface area contributed by atoms with Gasteiger partial charge in [-0.15, -0.1) is 15.3 Å². The molecule has 0 aliphatic carbocycles. The SMILES string of the molecule is Brc1ccc(-c2csnn2)cc1.CC(=O)O.CC(=O)O.CCBr.CCN(c1ccc(-c2csnn2)cc1)c1cc(-c2c(C)noc2C)ccc1C.Cc1ccc(-c2c(C)noc2C)cc1Cc1ccc(-c2csnn2)cc1.Cc1ccc(-c2c(C)noc2C)cc1N.[Pd]. The summed E-state index contributed by atoms with van der Waals surface area (Å²) in [6.07, 6.45) is 0.888. The zero-order valence-corrected chi connectivity index (χ0v) is 60.9. The van der Waals surface area contributed by atoms with E-state index >= 15 is 0 Å². The standard InChI is InChI=1S/C22H22N4OS.C21H19N3OS.C12H14N2O.C8H5BrN2S.C2H5Br.2C2H4O2.Pd/c1-5-26(19-10-8-17(9-11-19)20-13-28-25-23-20)21-12-18(7-6-14(21)2)22-15(3)24-27-16(22)4;1-13-4-7-18(21-14(2)23-25-15(21)3)11-19(13)10-16-5-8-17(9-6-16)20-12-26-24-22-20;1-7-4-5-10(6-11(7)13)12-8(2)14-15-9(12)3;9-7-3-1-6(2-4-7)8-5-12-11-10-8;1-2-3;2*1-2(3)4;/h6-13H,5H2,1-4H3;4-9,11-12H,10H2,1-3H3;4-6H,13H2,1-3H3;1-5H;2H2,1H3;2*1H3,(H,3,4);. The molecule has 0 saturated heterocycles. The van der Waals surface area contributed by atoms with Gasteiger partial charge in [0.2, 0.25) is 0 Å². The van der Waals surface area contributed by atoms with E-state index in [4.69, 9.17) is 39.1 Å². The zero-order valence-electron chi connectivity index (χ0n) is 53.8. The number of hydrogen-bond donors (Lipinski definition) is 3. The van der Waals surface area contributed by atoms with E-state index in [0.717, 1.165) is 155 Å². The molecule has 0 saturated carbocycles. The number of nitrogen functional groups attached to an aromatic ring is 1. The fraction of sp³-hybridized carbons (Fsp3) is 0.232. The average molecular weight is 1530 g/mol.